The Bertz CT molecular complexity index is 784. The van der Waals surface area contributed by atoms with Gasteiger partial charge in [-0.3, -0.25) is 0 Å². The number of benzene rings is 1. The van der Waals surface area contributed by atoms with Crippen molar-refractivity contribution in [3.63, 3.8) is 0 Å². The fourth-order valence-electron chi connectivity index (χ4n) is 2.65. The fourth-order valence-corrected chi connectivity index (χ4v) is 4.77. The second-order valence-electron chi connectivity index (χ2n) is 6.30. The van der Waals surface area contributed by atoms with Gasteiger partial charge in [0.1, 0.15) is 0 Å². The predicted octanol–water partition coefficient (Wildman–Crippen LogP) is 1.88. The molecule has 8 heteroatoms. The highest BCUT2D eigenvalue weighted by molar-refractivity contribution is 7.92. The summed E-state index contributed by atoms with van der Waals surface area (Å²) in [4.78, 5) is 0.277. The van der Waals surface area contributed by atoms with Crippen LogP contribution in [0.2, 0.25) is 0 Å². The van der Waals surface area contributed by atoms with Crippen LogP contribution in [-0.2, 0) is 20.0 Å². The Morgan fingerprint density at radius 2 is 1.88 bits per heavy atom. The van der Waals surface area contributed by atoms with Crippen molar-refractivity contribution in [2.24, 2.45) is 5.92 Å². The molecule has 1 unspecified atom stereocenters. The van der Waals surface area contributed by atoms with Crippen LogP contribution in [0.1, 0.15) is 31.7 Å². The zero-order valence-electron chi connectivity index (χ0n) is 14.0. The van der Waals surface area contributed by atoms with Crippen LogP contribution >= 0.6 is 0 Å². The molecule has 1 saturated heterocycles. The maximum atomic E-state index is 12.7. The van der Waals surface area contributed by atoms with Crippen LogP contribution in [-0.4, -0.2) is 40.8 Å². The van der Waals surface area contributed by atoms with E-state index in [1.807, 2.05) is 12.1 Å². The minimum absolute atomic E-state index is 0.0376. The van der Waals surface area contributed by atoms with E-state index in [1.165, 1.54) is 4.31 Å². The van der Waals surface area contributed by atoms with Gasteiger partial charge in [0.2, 0.25) is 20.0 Å². The molecule has 1 aromatic carbocycles. The fraction of sp³-hybridized carbons (Fsp3) is 0.500. The monoisotopic (exact) mass is 372 g/mol. The van der Waals surface area contributed by atoms with Crippen LogP contribution in [0, 0.1) is 5.92 Å². The molecule has 1 aliphatic heterocycles. The molecule has 1 aliphatic rings. The molecule has 0 aromatic heterocycles. The normalized spacial score (nSPS) is 19.7. The van der Waals surface area contributed by atoms with E-state index in [9.17, 15) is 16.8 Å². The lowest BCUT2D eigenvalue weighted by Crippen LogP contribution is -2.32. The van der Waals surface area contributed by atoms with Crippen molar-refractivity contribution in [3.8, 4) is 0 Å². The van der Waals surface area contributed by atoms with E-state index in [4.69, 9.17) is 0 Å². The number of sulfonamides is 2. The number of hydrogen-bond donors (Lipinski definition) is 1. The van der Waals surface area contributed by atoms with E-state index in [1.54, 1.807) is 12.1 Å². The Balaban J connectivity index is 2.04. The van der Waals surface area contributed by atoms with E-state index in [0.29, 0.717) is 25.4 Å². The van der Waals surface area contributed by atoms with Crippen LogP contribution in [0.4, 0.5) is 0 Å². The molecule has 1 fully saturated rings. The minimum atomic E-state index is -3.54. The van der Waals surface area contributed by atoms with Crippen molar-refractivity contribution in [3.05, 3.63) is 41.8 Å². The summed E-state index contributed by atoms with van der Waals surface area (Å²) in [7, 11) is -7.02. The lowest BCUT2D eigenvalue weighted by atomic mass is 10.0. The average Bonchev–Trinajstić information content (AvgIpc) is 3.03. The lowest BCUT2D eigenvalue weighted by molar-refractivity contribution is 0.455. The Kier molecular flexibility index (Phi) is 5.85. The molecule has 2 rings (SSSR count). The number of rotatable bonds is 7. The van der Waals surface area contributed by atoms with Crippen molar-refractivity contribution in [2.45, 2.75) is 31.1 Å². The van der Waals surface area contributed by atoms with E-state index in [2.05, 4.69) is 25.1 Å². The Morgan fingerprint density at radius 3 is 2.42 bits per heavy atom. The summed E-state index contributed by atoms with van der Waals surface area (Å²) in [6.07, 6.45) is 0.628. The Labute approximate surface area is 144 Å². The summed E-state index contributed by atoms with van der Waals surface area (Å²) >= 11 is 0. The quantitative estimate of drug-likeness (QED) is 0.792. The number of nitrogens with zero attached hydrogens (tertiary/aromatic N) is 1. The topological polar surface area (TPSA) is 83.6 Å². The first-order valence-corrected chi connectivity index (χ1v) is 10.9. The maximum absolute atomic E-state index is 12.7. The average molecular weight is 373 g/mol. The second kappa shape index (κ2) is 7.35. The molecule has 24 heavy (non-hydrogen) atoms. The standard InChI is InChI=1S/C16H24N2O4S2/c1-4-23(19,20)17-11-14-9-10-18(12-14)24(21,22)16-7-5-15(6-8-16)13(2)3/h4-8,13-14,17H,1,9-12H2,2-3H3. The third-order valence-electron chi connectivity index (χ3n) is 4.23. The Hall–Kier alpha value is -1.22. The van der Waals surface area contributed by atoms with Crippen LogP contribution in [0.25, 0.3) is 0 Å². The molecular weight excluding hydrogens is 348 g/mol. The molecule has 0 aliphatic carbocycles. The highest BCUT2D eigenvalue weighted by Gasteiger charge is 2.32. The second-order valence-corrected chi connectivity index (χ2v) is 9.95. The van der Waals surface area contributed by atoms with Gasteiger partial charge in [0.25, 0.3) is 0 Å². The molecule has 134 valence electrons. The third-order valence-corrected chi connectivity index (χ3v) is 7.11. The molecule has 1 aromatic rings. The highest BCUT2D eigenvalue weighted by Crippen LogP contribution is 2.25. The van der Waals surface area contributed by atoms with E-state index in [-0.39, 0.29) is 17.4 Å². The first-order valence-electron chi connectivity index (χ1n) is 7.88. The molecule has 0 saturated carbocycles. The van der Waals surface area contributed by atoms with Gasteiger partial charge in [0.05, 0.1) is 4.90 Å². The zero-order valence-corrected chi connectivity index (χ0v) is 15.6. The smallest absolute Gasteiger partial charge is 0.211 e. The first-order chi connectivity index (χ1) is 11.2. The lowest BCUT2D eigenvalue weighted by Gasteiger charge is -2.17. The van der Waals surface area contributed by atoms with Gasteiger partial charge in [-0.25, -0.2) is 21.6 Å². The van der Waals surface area contributed by atoms with E-state index >= 15 is 0 Å². The van der Waals surface area contributed by atoms with Gasteiger partial charge in [-0.15, -0.1) is 0 Å². The molecule has 0 bridgehead atoms. The largest absolute Gasteiger partial charge is 0.243 e. The van der Waals surface area contributed by atoms with Gasteiger partial charge < -0.3 is 0 Å². The third kappa shape index (κ3) is 4.44. The zero-order chi connectivity index (χ0) is 18.0. The van der Waals surface area contributed by atoms with Crippen molar-refractivity contribution in [1.82, 2.24) is 9.03 Å². The van der Waals surface area contributed by atoms with Crippen LogP contribution in [0.5, 0.6) is 0 Å². The van der Waals surface area contributed by atoms with Crippen molar-refractivity contribution in [1.29, 1.82) is 0 Å². The summed E-state index contributed by atoms with van der Waals surface area (Å²) in [5.74, 6) is 0.306. The molecule has 0 amide bonds. The molecular formula is C16H24N2O4S2. The van der Waals surface area contributed by atoms with E-state index in [0.717, 1.165) is 11.0 Å². The van der Waals surface area contributed by atoms with Crippen LogP contribution in [0.3, 0.4) is 0 Å². The van der Waals surface area contributed by atoms with Crippen LogP contribution in [0.15, 0.2) is 41.1 Å². The van der Waals surface area contributed by atoms with E-state index < -0.39 is 20.0 Å². The molecule has 0 spiro atoms. The first kappa shape index (κ1) is 19.1. The molecule has 0 radical (unpaired) electrons. The minimum Gasteiger partial charge on any atom is -0.211 e. The summed E-state index contributed by atoms with van der Waals surface area (Å²) < 4.78 is 52.0. The van der Waals surface area contributed by atoms with Gasteiger partial charge in [-0.1, -0.05) is 32.6 Å². The molecule has 1 N–H and O–H groups in total. The predicted molar refractivity (Wildman–Crippen MR) is 94.5 cm³/mol. The van der Waals surface area contributed by atoms with Crippen molar-refractivity contribution < 1.29 is 16.8 Å². The van der Waals surface area contributed by atoms with Gasteiger partial charge in [0, 0.05) is 25.0 Å². The van der Waals surface area contributed by atoms with Gasteiger partial charge in [-0.05, 0) is 36.0 Å². The SMILES string of the molecule is C=CS(=O)(=O)NCC1CCN(S(=O)(=O)c2ccc(C(C)C)cc2)C1. The summed E-state index contributed by atoms with van der Waals surface area (Å²) in [6, 6.07) is 6.95. The number of hydrogen-bond acceptors (Lipinski definition) is 4. The summed E-state index contributed by atoms with van der Waals surface area (Å²) in [6.45, 7) is 8.27. The van der Waals surface area contributed by atoms with Gasteiger partial charge >= 0.3 is 0 Å². The summed E-state index contributed by atoms with van der Waals surface area (Å²) in [5.41, 5.74) is 1.09. The van der Waals surface area contributed by atoms with Crippen LogP contribution < -0.4 is 4.72 Å². The van der Waals surface area contributed by atoms with Crippen molar-refractivity contribution in [2.75, 3.05) is 19.6 Å². The summed E-state index contributed by atoms with van der Waals surface area (Å²) in [5, 5.41) is 0.854. The number of nitrogens with one attached hydrogen (secondary N) is 1. The Morgan fingerprint density at radius 1 is 1.25 bits per heavy atom. The molecule has 1 atom stereocenters. The molecule has 1 heterocycles. The maximum Gasteiger partial charge on any atom is 0.243 e. The highest BCUT2D eigenvalue weighted by atomic mass is 32.2. The van der Waals surface area contributed by atoms with Gasteiger partial charge in [0.15, 0.2) is 0 Å². The van der Waals surface area contributed by atoms with Gasteiger partial charge in [-0.2, -0.15) is 4.31 Å². The molecule has 6 nitrogen and oxygen atoms in total. The van der Waals surface area contributed by atoms with Crippen molar-refractivity contribution >= 4 is 20.0 Å².